The van der Waals surface area contributed by atoms with Crippen LogP contribution in [0.3, 0.4) is 0 Å². The summed E-state index contributed by atoms with van der Waals surface area (Å²) < 4.78 is 1.59. The Morgan fingerprint density at radius 3 is 2.75 bits per heavy atom. The summed E-state index contributed by atoms with van der Waals surface area (Å²) in [6, 6.07) is 13.3. The van der Waals surface area contributed by atoms with Gasteiger partial charge in [-0.3, -0.25) is 4.68 Å². The Bertz CT molecular complexity index is 846. The molecule has 0 spiro atoms. The zero-order valence-corrected chi connectivity index (χ0v) is 13.3. The number of benzene rings is 2. The minimum atomic E-state index is -0.768. The lowest BCUT2D eigenvalue weighted by Gasteiger charge is -2.13. The number of urea groups is 1. The van der Waals surface area contributed by atoms with Crippen LogP contribution in [-0.4, -0.2) is 32.4 Å². The second-order valence-electron chi connectivity index (χ2n) is 5.49. The van der Waals surface area contributed by atoms with E-state index in [1.165, 1.54) is 6.33 Å². The first-order chi connectivity index (χ1) is 11.6. The molecular formula is C17H19N5O2. The third-order valence-electron chi connectivity index (χ3n) is 3.83. The number of aliphatic hydroxyl groups excluding tert-OH is 1. The van der Waals surface area contributed by atoms with E-state index in [4.69, 9.17) is 0 Å². The van der Waals surface area contributed by atoms with Crippen molar-refractivity contribution < 1.29 is 9.90 Å². The van der Waals surface area contributed by atoms with E-state index in [2.05, 4.69) is 20.7 Å². The first-order valence-electron chi connectivity index (χ1n) is 7.65. The van der Waals surface area contributed by atoms with E-state index in [-0.39, 0.29) is 19.1 Å². The molecule has 0 aliphatic rings. The topological polar surface area (TPSA) is 92.1 Å². The number of aryl methyl sites for hydroxylation is 1. The summed E-state index contributed by atoms with van der Waals surface area (Å²) in [6.45, 7) is 0.400. The summed E-state index contributed by atoms with van der Waals surface area (Å²) in [5, 5.41) is 21.7. The molecule has 0 fully saturated rings. The molecule has 124 valence electrons. The van der Waals surface area contributed by atoms with Crippen molar-refractivity contribution in [1.82, 2.24) is 25.4 Å². The summed E-state index contributed by atoms with van der Waals surface area (Å²) in [6.07, 6.45) is 0.661. The smallest absolute Gasteiger partial charge is 0.315 e. The first-order valence-corrected chi connectivity index (χ1v) is 7.65. The van der Waals surface area contributed by atoms with Gasteiger partial charge in [0, 0.05) is 13.6 Å². The van der Waals surface area contributed by atoms with Crippen LogP contribution >= 0.6 is 0 Å². The Labute approximate surface area is 139 Å². The zero-order valence-electron chi connectivity index (χ0n) is 13.3. The van der Waals surface area contributed by atoms with Crippen molar-refractivity contribution in [2.45, 2.75) is 12.6 Å². The van der Waals surface area contributed by atoms with E-state index in [0.29, 0.717) is 5.82 Å². The number of amides is 2. The Balaban J connectivity index is 1.53. The van der Waals surface area contributed by atoms with Crippen molar-refractivity contribution in [2.75, 3.05) is 6.54 Å². The maximum Gasteiger partial charge on any atom is 0.315 e. The largest absolute Gasteiger partial charge is 0.387 e. The molecule has 0 saturated heterocycles. The number of carbonyl (C=O) groups is 1. The number of nitrogens with zero attached hydrogens (tertiary/aromatic N) is 3. The average molecular weight is 325 g/mol. The minimum absolute atomic E-state index is 0.128. The van der Waals surface area contributed by atoms with E-state index >= 15 is 0 Å². The summed E-state index contributed by atoms with van der Waals surface area (Å²) in [7, 11) is 1.76. The second kappa shape index (κ2) is 7.10. The van der Waals surface area contributed by atoms with Gasteiger partial charge in [-0.05, 0) is 22.4 Å². The normalized spacial score (nSPS) is 12.1. The molecular weight excluding hydrogens is 306 g/mol. The van der Waals surface area contributed by atoms with Crippen LogP contribution < -0.4 is 10.6 Å². The molecule has 1 unspecified atom stereocenters. The monoisotopic (exact) mass is 325 g/mol. The van der Waals surface area contributed by atoms with Crippen LogP contribution in [-0.2, 0) is 13.6 Å². The van der Waals surface area contributed by atoms with E-state index in [0.717, 1.165) is 16.3 Å². The fourth-order valence-electron chi connectivity index (χ4n) is 2.42. The number of rotatable bonds is 5. The number of fused-ring (bicyclic) bond motifs is 1. The summed E-state index contributed by atoms with van der Waals surface area (Å²) >= 11 is 0. The second-order valence-corrected chi connectivity index (χ2v) is 5.49. The summed E-state index contributed by atoms with van der Waals surface area (Å²) in [5.41, 5.74) is 0.766. The van der Waals surface area contributed by atoms with Gasteiger partial charge in [-0.25, -0.2) is 9.78 Å². The molecule has 24 heavy (non-hydrogen) atoms. The van der Waals surface area contributed by atoms with E-state index in [1.54, 1.807) is 11.7 Å². The number of aromatic nitrogens is 3. The number of carbonyl (C=O) groups excluding carboxylic acids is 1. The fraction of sp³-hybridized carbons (Fsp3) is 0.235. The van der Waals surface area contributed by atoms with Gasteiger partial charge >= 0.3 is 6.03 Å². The average Bonchev–Trinajstić information content (AvgIpc) is 3.02. The summed E-state index contributed by atoms with van der Waals surface area (Å²) in [5.74, 6) is 0.653. The van der Waals surface area contributed by atoms with Gasteiger partial charge in [-0.15, -0.1) is 0 Å². The highest BCUT2D eigenvalue weighted by molar-refractivity contribution is 5.83. The predicted octanol–water partition coefficient (Wildman–Crippen LogP) is 1.50. The molecule has 3 N–H and O–H groups in total. The molecule has 2 aromatic carbocycles. The minimum Gasteiger partial charge on any atom is -0.387 e. The molecule has 1 heterocycles. The van der Waals surface area contributed by atoms with Gasteiger partial charge in [0.05, 0.1) is 12.6 Å². The number of aliphatic hydroxyl groups is 1. The highest BCUT2D eigenvalue weighted by Gasteiger charge is 2.10. The van der Waals surface area contributed by atoms with Crippen LogP contribution in [0.1, 0.15) is 17.5 Å². The number of hydrogen-bond acceptors (Lipinski definition) is 4. The molecule has 0 saturated carbocycles. The Morgan fingerprint density at radius 1 is 1.21 bits per heavy atom. The van der Waals surface area contributed by atoms with E-state index in [9.17, 15) is 9.90 Å². The van der Waals surface area contributed by atoms with Gasteiger partial charge < -0.3 is 15.7 Å². The molecule has 0 bridgehead atoms. The molecule has 1 atom stereocenters. The van der Waals surface area contributed by atoms with Crippen molar-refractivity contribution in [3.63, 3.8) is 0 Å². The van der Waals surface area contributed by atoms with Gasteiger partial charge in [0.1, 0.15) is 12.2 Å². The molecule has 2 amide bonds. The lowest BCUT2D eigenvalue weighted by atomic mass is 10.0. The highest BCUT2D eigenvalue weighted by Crippen LogP contribution is 2.19. The van der Waals surface area contributed by atoms with Gasteiger partial charge in [0.2, 0.25) is 0 Å². The highest BCUT2D eigenvalue weighted by atomic mass is 16.3. The Morgan fingerprint density at radius 2 is 2.00 bits per heavy atom. The molecule has 0 aliphatic carbocycles. The van der Waals surface area contributed by atoms with Crippen LogP contribution in [0.25, 0.3) is 10.8 Å². The predicted molar refractivity (Wildman–Crippen MR) is 90.1 cm³/mol. The van der Waals surface area contributed by atoms with Gasteiger partial charge in [0.25, 0.3) is 0 Å². The van der Waals surface area contributed by atoms with Crippen LogP contribution in [0.2, 0.25) is 0 Å². The molecule has 7 nitrogen and oxygen atoms in total. The Kier molecular flexibility index (Phi) is 4.72. The zero-order chi connectivity index (χ0) is 16.9. The van der Waals surface area contributed by atoms with E-state index in [1.807, 2.05) is 42.5 Å². The van der Waals surface area contributed by atoms with Crippen molar-refractivity contribution in [1.29, 1.82) is 0 Å². The van der Waals surface area contributed by atoms with Crippen LogP contribution in [0, 0.1) is 0 Å². The molecule has 7 heteroatoms. The molecule has 0 aliphatic heterocycles. The van der Waals surface area contributed by atoms with Crippen molar-refractivity contribution in [3.05, 3.63) is 60.2 Å². The maximum absolute atomic E-state index is 11.8. The Hall–Kier alpha value is -2.93. The van der Waals surface area contributed by atoms with Crippen LogP contribution in [0.4, 0.5) is 4.79 Å². The van der Waals surface area contributed by atoms with Crippen molar-refractivity contribution in [2.24, 2.45) is 7.05 Å². The maximum atomic E-state index is 11.8. The quantitative estimate of drug-likeness (QED) is 0.663. The van der Waals surface area contributed by atoms with Crippen molar-refractivity contribution in [3.8, 4) is 0 Å². The van der Waals surface area contributed by atoms with Gasteiger partial charge in [0.15, 0.2) is 0 Å². The molecule has 3 aromatic rings. The third-order valence-corrected chi connectivity index (χ3v) is 3.83. The third kappa shape index (κ3) is 3.69. The number of nitrogens with one attached hydrogen (secondary N) is 2. The summed E-state index contributed by atoms with van der Waals surface area (Å²) in [4.78, 5) is 15.8. The fourth-order valence-corrected chi connectivity index (χ4v) is 2.42. The SMILES string of the molecule is Cn1ncnc1CNC(=O)NCC(O)c1ccc2ccccc2c1. The first kappa shape index (κ1) is 15.9. The van der Waals surface area contributed by atoms with Gasteiger partial charge in [-0.2, -0.15) is 5.10 Å². The van der Waals surface area contributed by atoms with Gasteiger partial charge in [-0.1, -0.05) is 36.4 Å². The van der Waals surface area contributed by atoms with Crippen LogP contribution in [0.15, 0.2) is 48.8 Å². The lowest BCUT2D eigenvalue weighted by Crippen LogP contribution is -2.37. The lowest BCUT2D eigenvalue weighted by molar-refractivity contribution is 0.173. The molecule has 1 aromatic heterocycles. The molecule has 3 rings (SSSR count). The molecule has 0 radical (unpaired) electrons. The number of hydrogen-bond donors (Lipinski definition) is 3. The van der Waals surface area contributed by atoms with Crippen LogP contribution in [0.5, 0.6) is 0 Å². The van der Waals surface area contributed by atoms with Crippen molar-refractivity contribution >= 4 is 16.8 Å². The van der Waals surface area contributed by atoms with E-state index < -0.39 is 6.10 Å². The standard InChI is InChI=1S/C17H19N5O2/c1-22-16(20-11-21-22)10-19-17(24)18-9-15(23)14-7-6-12-4-2-3-5-13(12)8-14/h2-8,11,15,23H,9-10H2,1H3,(H2,18,19,24).